The first-order chi connectivity index (χ1) is 25.9. The molecule has 296 valence electrons. The second-order valence-electron chi connectivity index (χ2n) is 18.0. The quantitative estimate of drug-likeness (QED) is 0.145. The molecule has 8 rings (SSSR count). The van der Waals surface area contributed by atoms with Gasteiger partial charge in [0.2, 0.25) is 0 Å². The van der Waals surface area contributed by atoms with Crippen LogP contribution in [0.5, 0.6) is 0 Å². The number of hydrogen-bond acceptors (Lipinski definition) is 9. The summed E-state index contributed by atoms with van der Waals surface area (Å²) in [4.78, 5) is 0. The molecule has 9 heteroatoms. The summed E-state index contributed by atoms with van der Waals surface area (Å²) in [7, 11) is 0. The number of epoxide rings is 1. The summed E-state index contributed by atoms with van der Waals surface area (Å²) in [5.41, 5.74) is -0.402. The van der Waals surface area contributed by atoms with Gasteiger partial charge in [-0.3, -0.25) is 0 Å². The fourth-order valence-corrected chi connectivity index (χ4v) is 10.1. The molecule has 15 atom stereocenters. The van der Waals surface area contributed by atoms with Crippen LogP contribution < -0.4 is 0 Å². The van der Waals surface area contributed by atoms with E-state index in [2.05, 4.69) is 70.7 Å². The number of aliphatic hydroxyl groups is 1. The highest BCUT2D eigenvalue weighted by atomic mass is 16.6. The maximum absolute atomic E-state index is 11.6. The number of rotatable bonds is 11. The fraction of sp³-hybridized carbons (Fsp3) is 0.689. The van der Waals surface area contributed by atoms with Gasteiger partial charge in [0.1, 0.15) is 6.10 Å². The molecule has 0 radical (unpaired) electrons. The normalized spacial score (nSPS) is 45.8. The van der Waals surface area contributed by atoms with E-state index in [4.69, 9.17) is 37.9 Å². The Hall–Kier alpha value is -2.18. The van der Waals surface area contributed by atoms with Crippen LogP contribution in [0.1, 0.15) is 97.1 Å². The van der Waals surface area contributed by atoms with Crippen LogP contribution in [-0.2, 0) is 51.1 Å². The second-order valence-corrected chi connectivity index (χ2v) is 18.0. The molecule has 2 aromatic rings. The number of ether oxygens (including phenoxy) is 8. The van der Waals surface area contributed by atoms with Gasteiger partial charge >= 0.3 is 0 Å². The predicted molar refractivity (Wildman–Crippen MR) is 204 cm³/mol. The van der Waals surface area contributed by atoms with Crippen molar-refractivity contribution in [3.8, 4) is 0 Å². The van der Waals surface area contributed by atoms with Gasteiger partial charge in [-0.15, -0.1) is 6.58 Å². The van der Waals surface area contributed by atoms with Crippen LogP contribution in [0.15, 0.2) is 73.3 Å². The van der Waals surface area contributed by atoms with Crippen LogP contribution in [0.25, 0.3) is 0 Å². The number of hydrogen-bond donors (Lipinski definition) is 1. The summed E-state index contributed by atoms with van der Waals surface area (Å²) < 4.78 is 54.1. The third-order valence-electron chi connectivity index (χ3n) is 13.6. The predicted octanol–water partition coefficient (Wildman–Crippen LogP) is 7.26. The first-order valence-electron chi connectivity index (χ1n) is 20.5. The van der Waals surface area contributed by atoms with Gasteiger partial charge < -0.3 is 43.0 Å². The third kappa shape index (κ3) is 8.00. The largest absolute Gasteiger partial charge is 0.387 e. The Morgan fingerprint density at radius 2 is 1.54 bits per heavy atom. The van der Waals surface area contributed by atoms with E-state index in [0.717, 1.165) is 36.8 Å². The van der Waals surface area contributed by atoms with Crippen molar-refractivity contribution in [3.63, 3.8) is 0 Å². The third-order valence-corrected chi connectivity index (χ3v) is 13.6. The fourth-order valence-electron chi connectivity index (χ4n) is 10.1. The van der Waals surface area contributed by atoms with E-state index in [1.54, 1.807) is 0 Å². The summed E-state index contributed by atoms with van der Waals surface area (Å²) >= 11 is 0. The summed E-state index contributed by atoms with van der Waals surface area (Å²) in [6.07, 6.45) is 6.19. The van der Waals surface area contributed by atoms with Crippen molar-refractivity contribution in [3.05, 3.63) is 84.4 Å². The molecule has 9 nitrogen and oxygen atoms in total. The minimum absolute atomic E-state index is 0.0482. The maximum Gasteiger partial charge on any atom is 0.102 e. The van der Waals surface area contributed by atoms with E-state index in [1.807, 2.05) is 37.3 Å². The Kier molecular flexibility index (Phi) is 11.0. The minimum atomic E-state index is -1.02. The lowest BCUT2D eigenvalue weighted by atomic mass is 9.73. The molecule has 0 aromatic heterocycles. The first-order valence-corrected chi connectivity index (χ1v) is 20.5. The van der Waals surface area contributed by atoms with Gasteiger partial charge in [-0.1, -0.05) is 73.7 Å². The van der Waals surface area contributed by atoms with Crippen molar-refractivity contribution in [2.24, 2.45) is 5.92 Å². The number of benzene rings is 2. The Morgan fingerprint density at radius 1 is 0.815 bits per heavy atom. The molecule has 6 heterocycles. The molecule has 6 fully saturated rings. The lowest BCUT2D eigenvalue weighted by molar-refractivity contribution is -0.345. The van der Waals surface area contributed by atoms with Crippen molar-refractivity contribution in [2.75, 3.05) is 6.61 Å². The van der Waals surface area contributed by atoms with E-state index >= 15 is 0 Å². The summed E-state index contributed by atoms with van der Waals surface area (Å²) in [6, 6.07) is 20.6. The van der Waals surface area contributed by atoms with Crippen molar-refractivity contribution in [1.82, 2.24) is 0 Å². The smallest absolute Gasteiger partial charge is 0.102 e. The molecule has 54 heavy (non-hydrogen) atoms. The Labute approximate surface area is 322 Å². The highest BCUT2D eigenvalue weighted by Crippen LogP contribution is 2.53. The van der Waals surface area contributed by atoms with Crippen LogP contribution >= 0.6 is 0 Å². The van der Waals surface area contributed by atoms with E-state index in [1.165, 1.54) is 0 Å². The molecular formula is C45H62O9. The van der Waals surface area contributed by atoms with Crippen molar-refractivity contribution in [2.45, 2.75) is 183 Å². The van der Waals surface area contributed by atoms with E-state index < -0.39 is 22.4 Å². The lowest BCUT2D eigenvalue weighted by Crippen LogP contribution is -2.69. The van der Waals surface area contributed by atoms with Crippen LogP contribution in [0.3, 0.4) is 0 Å². The van der Waals surface area contributed by atoms with Crippen molar-refractivity contribution in [1.29, 1.82) is 0 Å². The number of fused-ring (bicyclic) bond motifs is 4. The van der Waals surface area contributed by atoms with E-state index in [0.29, 0.717) is 45.5 Å². The molecule has 0 unspecified atom stereocenters. The highest BCUT2D eigenvalue weighted by Gasteiger charge is 2.62. The molecule has 0 bridgehead atoms. The van der Waals surface area contributed by atoms with Gasteiger partial charge in [0, 0.05) is 38.7 Å². The van der Waals surface area contributed by atoms with Crippen molar-refractivity contribution < 1.29 is 43.0 Å². The zero-order valence-electron chi connectivity index (χ0n) is 32.9. The molecule has 2 aromatic carbocycles. The highest BCUT2D eigenvalue weighted by molar-refractivity contribution is 5.16. The van der Waals surface area contributed by atoms with Crippen molar-refractivity contribution >= 4 is 0 Å². The molecule has 1 N–H and O–H groups in total. The molecule has 0 spiro atoms. The van der Waals surface area contributed by atoms with Gasteiger partial charge in [0.05, 0.1) is 90.6 Å². The Bertz CT molecular complexity index is 1570. The van der Waals surface area contributed by atoms with Crippen LogP contribution in [0.4, 0.5) is 0 Å². The average Bonchev–Trinajstić information content (AvgIpc) is 3.94. The molecule has 6 aliphatic rings. The molecule has 0 aliphatic carbocycles. The second kappa shape index (κ2) is 15.3. The summed E-state index contributed by atoms with van der Waals surface area (Å²) in [5, 5.41) is 11.6. The lowest BCUT2D eigenvalue weighted by Gasteiger charge is -2.59. The van der Waals surface area contributed by atoms with E-state index in [-0.39, 0.29) is 67.0 Å². The van der Waals surface area contributed by atoms with Crippen LogP contribution in [-0.4, -0.2) is 95.2 Å². The Balaban J connectivity index is 0.972. The van der Waals surface area contributed by atoms with Crippen LogP contribution in [0.2, 0.25) is 0 Å². The maximum atomic E-state index is 11.6. The molecule has 6 aliphatic heterocycles. The molecule has 6 saturated heterocycles. The van der Waals surface area contributed by atoms with Gasteiger partial charge in [-0.2, -0.15) is 0 Å². The van der Waals surface area contributed by atoms with E-state index in [9.17, 15) is 5.11 Å². The molecule has 0 amide bonds. The van der Waals surface area contributed by atoms with Gasteiger partial charge in [-0.05, 0) is 64.0 Å². The zero-order valence-corrected chi connectivity index (χ0v) is 32.9. The van der Waals surface area contributed by atoms with Gasteiger partial charge in [0.25, 0.3) is 0 Å². The SMILES string of the molecule is C=C[C@@H]1O[C@H]1C[C@H]1O[C@H]2C[C@@H](C)[C@H]3O[C@H]4C[C@H]5O[C@@](C)(CCOCc6ccccc6)[C@H](OCc6ccccc6)C[C@]5(C)O[C@]4(C)CC[C@@H]3O[C@@H]2C[C@]1(C)O. The first kappa shape index (κ1) is 38.7. The molecule has 0 saturated carbocycles. The average molecular weight is 747 g/mol. The topological polar surface area (TPSA) is 97.4 Å². The standard InChI is InChI=1S/C45H62O9/c1-7-32-35(49-32)23-37-42(3,46)25-36-34(51-37)22-29(2)41-33(50-36)18-19-44(5)38(52-41)24-39-45(6,54-44)26-40(48-28-31-16-12-9-13-17-31)43(4,53-39)20-21-47-27-30-14-10-8-11-15-30/h7-17,29,32-41,46H,1,18-28H2,2-6H3/t29-,32+,33+,34+,35+,36-,37-,38+,39-,40-,41-,42+,43+,44-,45+/m1/s1. The zero-order chi connectivity index (χ0) is 37.7. The summed E-state index contributed by atoms with van der Waals surface area (Å²) in [6.45, 7) is 16.2. The van der Waals surface area contributed by atoms with Gasteiger partial charge in [0.15, 0.2) is 0 Å². The monoisotopic (exact) mass is 746 g/mol. The Morgan fingerprint density at radius 3 is 2.24 bits per heavy atom. The molecular weight excluding hydrogens is 684 g/mol. The van der Waals surface area contributed by atoms with Gasteiger partial charge in [-0.25, -0.2) is 0 Å². The summed E-state index contributed by atoms with van der Waals surface area (Å²) in [5.74, 6) is 0.192. The van der Waals surface area contributed by atoms with Crippen LogP contribution in [0, 0.1) is 5.92 Å². The minimum Gasteiger partial charge on any atom is -0.387 e.